The number of imidazole rings is 1. The third kappa shape index (κ3) is 5.41. The maximum atomic E-state index is 4.52. The zero-order valence-electron chi connectivity index (χ0n) is 15.7. The Bertz CT molecular complexity index is 584. The molecule has 0 bridgehead atoms. The molecule has 0 unspecified atom stereocenters. The van der Waals surface area contributed by atoms with Crippen LogP contribution >= 0.6 is 23.1 Å². The number of nitrogens with zero attached hydrogens (tertiary/aromatic N) is 2. The van der Waals surface area contributed by atoms with Crippen LogP contribution in [0.5, 0.6) is 0 Å². The Labute approximate surface area is 166 Å². The van der Waals surface area contributed by atoms with E-state index in [0.717, 1.165) is 5.16 Å². The average molecular weight is 471 g/mol. The Balaban J connectivity index is 2.23. The van der Waals surface area contributed by atoms with E-state index < -0.39 is 21.1 Å². The zero-order chi connectivity index (χ0) is 17.4. The van der Waals surface area contributed by atoms with Gasteiger partial charge in [-0.3, -0.25) is 0 Å². The molecule has 0 aliphatic rings. The van der Waals surface area contributed by atoms with E-state index in [2.05, 4.69) is 48.8 Å². The Morgan fingerprint density at radius 3 is 2.17 bits per heavy atom. The van der Waals surface area contributed by atoms with Crippen molar-refractivity contribution < 1.29 is 0 Å². The second-order valence-corrected chi connectivity index (χ2v) is 14.9. The molecule has 0 aliphatic carbocycles. The van der Waals surface area contributed by atoms with E-state index in [1.807, 2.05) is 11.3 Å². The molecule has 0 N–H and O–H groups in total. The number of hydrogen-bond donors (Lipinski definition) is 0. The van der Waals surface area contributed by atoms with E-state index >= 15 is 0 Å². The van der Waals surface area contributed by atoms with Gasteiger partial charge in [0.15, 0.2) is 0 Å². The SMILES string of the molecule is CCCC[C](CCCC)(CCCC)[Sn][c]1cn2c(SC)ncc2s1. The molecule has 2 heterocycles. The van der Waals surface area contributed by atoms with Gasteiger partial charge in [0.25, 0.3) is 0 Å². The van der Waals surface area contributed by atoms with Crippen LogP contribution in [-0.2, 0) is 0 Å². The normalized spacial score (nSPS) is 12.3. The molecular formula is C19H32N2S2Sn. The molecule has 134 valence electrons. The Kier molecular flexibility index (Phi) is 8.99. The van der Waals surface area contributed by atoms with Crippen LogP contribution in [0.4, 0.5) is 0 Å². The van der Waals surface area contributed by atoms with Crippen molar-refractivity contribution in [3.05, 3.63) is 12.4 Å². The van der Waals surface area contributed by atoms with Gasteiger partial charge in [0.2, 0.25) is 0 Å². The van der Waals surface area contributed by atoms with E-state index in [-0.39, 0.29) is 0 Å². The number of rotatable bonds is 12. The molecule has 24 heavy (non-hydrogen) atoms. The molecule has 2 radical (unpaired) electrons. The number of unbranched alkanes of at least 4 members (excludes halogenated alkanes) is 3. The van der Waals surface area contributed by atoms with E-state index in [1.54, 1.807) is 14.7 Å². The van der Waals surface area contributed by atoms with Crippen LogP contribution in [-0.4, -0.2) is 36.8 Å². The van der Waals surface area contributed by atoms with Crippen LogP contribution in [0.3, 0.4) is 0 Å². The molecule has 0 atom stereocenters. The van der Waals surface area contributed by atoms with Crippen LogP contribution in [0.2, 0.25) is 3.43 Å². The van der Waals surface area contributed by atoms with E-state index in [1.165, 1.54) is 62.6 Å². The predicted octanol–water partition coefficient (Wildman–Crippen LogP) is 6.18. The van der Waals surface area contributed by atoms with Crippen molar-refractivity contribution in [1.82, 2.24) is 9.38 Å². The summed E-state index contributed by atoms with van der Waals surface area (Å²) >= 11 is 3.18. The molecule has 0 aliphatic heterocycles. The van der Waals surface area contributed by atoms with E-state index in [0.29, 0.717) is 3.43 Å². The number of hydrogen-bond acceptors (Lipinski definition) is 3. The number of aromatic nitrogens is 2. The summed E-state index contributed by atoms with van der Waals surface area (Å²) in [7, 11) is 0. The minimum atomic E-state index is -0.597. The summed E-state index contributed by atoms with van der Waals surface area (Å²) < 4.78 is 4.73. The van der Waals surface area contributed by atoms with Gasteiger partial charge in [-0.05, 0) is 0 Å². The topological polar surface area (TPSA) is 17.3 Å². The molecule has 0 saturated heterocycles. The van der Waals surface area contributed by atoms with Gasteiger partial charge in [-0.2, -0.15) is 0 Å². The summed E-state index contributed by atoms with van der Waals surface area (Å²) in [6.07, 6.45) is 19.3. The van der Waals surface area contributed by atoms with Crippen molar-refractivity contribution in [2.75, 3.05) is 6.26 Å². The Morgan fingerprint density at radius 2 is 1.67 bits per heavy atom. The van der Waals surface area contributed by atoms with Gasteiger partial charge >= 0.3 is 167 Å². The summed E-state index contributed by atoms with van der Waals surface area (Å²) in [5, 5.41) is 1.15. The maximum absolute atomic E-state index is 4.52. The molecular weight excluding hydrogens is 439 g/mol. The summed E-state index contributed by atoms with van der Waals surface area (Å²) in [5.41, 5.74) is 0. The standard InChI is InChI=1S/C13H27.C6H5N2S2.Sn/c1-4-7-10-13(11-8-5-2)12-9-6-3;1-9-6-7-4-5-8(6)2-3-10-5;/h4-12H2,1-3H3;2,4H,1H3;. The van der Waals surface area contributed by atoms with Gasteiger partial charge in [0, 0.05) is 0 Å². The molecule has 0 aromatic carbocycles. The van der Waals surface area contributed by atoms with Gasteiger partial charge < -0.3 is 0 Å². The van der Waals surface area contributed by atoms with Gasteiger partial charge in [-0.1, -0.05) is 0 Å². The van der Waals surface area contributed by atoms with E-state index in [4.69, 9.17) is 0 Å². The Hall–Kier alpha value is 0.319. The molecule has 0 amide bonds. The van der Waals surface area contributed by atoms with Crippen LogP contribution < -0.4 is 2.89 Å². The minimum absolute atomic E-state index is 0.597. The van der Waals surface area contributed by atoms with Crippen LogP contribution in [0.15, 0.2) is 17.6 Å². The first-order chi connectivity index (χ1) is 11.7. The predicted molar refractivity (Wildman–Crippen MR) is 112 cm³/mol. The fourth-order valence-corrected chi connectivity index (χ4v) is 12.1. The number of thiazole rings is 1. The molecule has 2 nitrogen and oxygen atoms in total. The van der Waals surface area contributed by atoms with Crippen molar-refractivity contribution in [3.8, 4) is 0 Å². The fourth-order valence-electron chi connectivity index (χ4n) is 3.36. The van der Waals surface area contributed by atoms with Crippen LogP contribution in [0, 0.1) is 0 Å². The summed E-state index contributed by atoms with van der Waals surface area (Å²) in [6.45, 7) is 7.05. The first-order valence-electron chi connectivity index (χ1n) is 9.47. The molecule has 0 spiro atoms. The first kappa shape index (κ1) is 20.6. The number of thioether (sulfide) groups is 1. The number of fused-ring (bicyclic) bond motifs is 1. The monoisotopic (exact) mass is 472 g/mol. The summed E-state index contributed by atoms with van der Waals surface area (Å²) in [5.74, 6) is 0. The third-order valence-electron chi connectivity index (χ3n) is 4.79. The molecule has 2 rings (SSSR count). The van der Waals surface area contributed by atoms with Gasteiger partial charge in [0.1, 0.15) is 0 Å². The molecule has 2 aromatic heterocycles. The first-order valence-corrected chi connectivity index (χ1v) is 14.4. The van der Waals surface area contributed by atoms with Crippen molar-refractivity contribution in [2.24, 2.45) is 0 Å². The second-order valence-electron chi connectivity index (χ2n) is 6.76. The summed E-state index contributed by atoms with van der Waals surface area (Å²) in [4.78, 5) is 5.85. The van der Waals surface area contributed by atoms with Crippen molar-refractivity contribution in [3.63, 3.8) is 0 Å². The second kappa shape index (κ2) is 10.5. The molecule has 2 aromatic rings. The van der Waals surface area contributed by atoms with Crippen molar-refractivity contribution in [2.45, 2.75) is 87.1 Å². The average Bonchev–Trinajstić information content (AvgIpc) is 3.15. The molecule has 0 fully saturated rings. The van der Waals surface area contributed by atoms with Gasteiger partial charge in [-0.25, -0.2) is 0 Å². The molecule has 5 heteroatoms. The van der Waals surface area contributed by atoms with Gasteiger partial charge in [-0.15, -0.1) is 0 Å². The zero-order valence-corrected chi connectivity index (χ0v) is 20.2. The summed E-state index contributed by atoms with van der Waals surface area (Å²) in [6, 6.07) is 0. The van der Waals surface area contributed by atoms with Crippen molar-refractivity contribution in [1.29, 1.82) is 0 Å². The van der Waals surface area contributed by atoms with E-state index in [9.17, 15) is 0 Å². The third-order valence-corrected chi connectivity index (χ3v) is 12.6. The van der Waals surface area contributed by atoms with Crippen molar-refractivity contribution >= 4 is 52.0 Å². The van der Waals surface area contributed by atoms with Crippen LogP contribution in [0.1, 0.15) is 78.6 Å². The quantitative estimate of drug-likeness (QED) is 0.272. The van der Waals surface area contributed by atoms with Crippen LogP contribution in [0.25, 0.3) is 4.83 Å². The molecule has 0 saturated carbocycles. The van der Waals surface area contributed by atoms with Gasteiger partial charge in [0.05, 0.1) is 0 Å². The Morgan fingerprint density at radius 1 is 1.08 bits per heavy atom. The fraction of sp³-hybridized carbons (Fsp3) is 0.737.